The van der Waals surface area contributed by atoms with Gasteiger partial charge in [0.1, 0.15) is 0 Å². The average Bonchev–Trinajstić information content (AvgIpc) is 3.36. The van der Waals surface area contributed by atoms with Crippen LogP contribution in [0.15, 0.2) is 82.8 Å². The predicted octanol–water partition coefficient (Wildman–Crippen LogP) is 8.66. The van der Waals surface area contributed by atoms with Crippen LogP contribution in [0, 0.1) is 0 Å². The van der Waals surface area contributed by atoms with Crippen LogP contribution in [0.25, 0.3) is 17.0 Å². The topological polar surface area (TPSA) is 37.6 Å². The Morgan fingerprint density at radius 1 is 0.972 bits per heavy atom. The van der Waals surface area contributed by atoms with Crippen molar-refractivity contribution < 1.29 is 4.79 Å². The van der Waals surface area contributed by atoms with Crippen molar-refractivity contribution in [1.82, 2.24) is 9.47 Å². The SMILES string of the molecule is CCCN1C(=O)/C(=C/c2cn(Cc3ccc(Cl)c(Cl)c3)c3ccccc23)SC1=Nc1ccc(Cl)cc1. The summed E-state index contributed by atoms with van der Waals surface area (Å²) in [6, 6.07) is 21.1. The van der Waals surface area contributed by atoms with E-state index in [0.717, 1.165) is 34.1 Å². The second kappa shape index (κ2) is 10.7. The average molecular weight is 555 g/mol. The summed E-state index contributed by atoms with van der Waals surface area (Å²) in [5.74, 6) is -0.0316. The third-order valence-electron chi connectivity index (χ3n) is 5.83. The van der Waals surface area contributed by atoms with Gasteiger partial charge in [-0.05, 0) is 72.3 Å². The molecular weight excluding hydrogens is 533 g/mol. The van der Waals surface area contributed by atoms with Crippen molar-refractivity contribution in [1.29, 1.82) is 0 Å². The summed E-state index contributed by atoms with van der Waals surface area (Å²) < 4.78 is 2.16. The lowest BCUT2D eigenvalue weighted by molar-refractivity contribution is -0.122. The van der Waals surface area contributed by atoms with Crippen LogP contribution in [0.5, 0.6) is 0 Å². The van der Waals surface area contributed by atoms with E-state index in [2.05, 4.69) is 29.8 Å². The van der Waals surface area contributed by atoms with Gasteiger partial charge in [-0.2, -0.15) is 0 Å². The fourth-order valence-corrected chi connectivity index (χ4v) is 5.60. The van der Waals surface area contributed by atoms with Crippen molar-refractivity contribution in [3.8, 4) is 0 Å². The second-order valence-corrected chi connectivity index (χ2v) is 10.7. The Morgan fingerprint density at radius 2 is 1.75 bits per heavy atom. The number of hydrogen-bond acceptors (Lipinski definition) is 3. The highest BCUT2D eigenvalue weighted by molar-refractivity contribution is 8.18. The van der Waals surface area contributed by atoms with Gasteiger partial charge in [0.15, 0.2) is 5.17 Å². The highest BCUT2D eigenvalue weighted by Gasteiger charge is 2.33. The molecule has 1 saturated heterocycles. The Morgan fingerprint density at radius 3 is 2.50 bits per heavy atom. The quantitative estimate of drug-likeness (QED) is 0.224. The molecule has 1 aromatic heterocycles. The van der Waals surface area contributed by atoms with Gasteiger partial charge in [-0.3, -0.25) is 9.69 Å². The Labute approximate surface area is 229 Å². The maximum absolute atomic E-state index is 13.4. The molecule has 0 spiro atoms. The maximum Gasteiger partial charge on any atom is 0.266 e. The standard InChI is InChI=1S/C28H22Cl3N3OS/c1-2-13-34-27(35)26(36-28(34)32-21-10-8-20(29)9-11-21)15-19-17-33(25-6-4-3-5-22(19)25)16-18-7-12-23(30)24(31)14-18/h3-12,14-15,17H,2,13,16H2,1H3/b26-15-,32-28?. The van der Waals surface area contributed by atoms with E-state index < -0.39 is 0 Å². The van der Waals surface area contributed by atoms with Gasteiger partial charge >= 0.3 is 0 Å². The lowest BCUT2D eigenvalue weighted by Gasteiger charge is -2.13. The van der Waals surface area contributed by atoms with Gasteiger partial charge in [-0.25, -0.2) is 4.99 Å². The van der Waals surface area contributed by atoms with Gasteiger partial charge in [0.2, 0.25) is 0 Å². The molecule has 8 heteroatoms. The molecule has 0 N–H and O–H groups in total. The molecule has 0 saturated carbocycles. The van der Waals surface area contributed by atoms with Gasteiger partial charge < -0.3 is 4.57 Å². The van der Waals surface area contributed by atoms with Crippen molar-refractivity contribution in [3.63, 3.8) is 0 Å². The van der Waals surface area contributed by atoms with E-state index in [1.807, 2.05) is 48.5 Å². The Bertz CT molecular complexity index is 1510. The van der Waals surface area contributed by atoms with E-state index in [1.165, 1.54) is 11.8 Å². The van der Waals surface area contributed by atoms with Crippen LogP contribution in [-0.2, 0) is 11.3 Å². The number of amides is 1. The fraction of sp³-hybridized carbons (Fsp3) is 0.143. The number of para-hydroxylation sites is 1. The normalized spacial score (nSPS) is 16.1. The van der Waals surface area contributed by atoms with E-state index in [0.29, 0.717) is 38.2 Å². The van der Waals surface area contributed by atoms with Crippen LogP contribution in [0.1, 0.15) is 24.5 Å². The fourth-order valence-electron chi connectivity index (χ4n) is 4.14. The smallest absolute Gasteiger partial charge is 0.266 e. The van der Waals surface area contributed by atoms with E-state index in [4.69, 9.17) is 39.8 Å². The van der Waals surface area contributed by atoms with Crippen LogP contribution in [0.3, 0.4) is 0 Å². The maximum atomic E-state index is 13.4. The van der Waals surface area contributed by atoms with E-state index in [-0.39, 0.29) is 5.91 Å². The van der Waals surface area contributed by atoms with Gasteiger partial charge in [0.25, 0.3) is 5.91 Å². The van der Waals surface area contributed by atoms with Crippen molar-refractivity contribution in [2.24, 2.45) is 4.99 Å². The van der Waals surface area contributed by atoms with Crippen LogP contribution in [0.2, 0.25) is 15.1 Å². The number of carbonyl (C=O) groups is 1. The van der Waals surface area contributed by atoms with E-state index in [9.17, 15) is 4.79 Å². The van der Waals surface area contributed by atoms with Crippen molar-refractivity contribution in [2.75, 3.05) is 6.54 Å². The molecule has 5 rings (SSSR count). The predicted molar refractivity (Wildman–Crippen MR) is 154 cm³/mol. The molecule has 182 valence electrons. The molecule has 36 heavy (non-hydrogen) atoms. The summed E-state index contributed by atoms with van der Waals surface area (Å²) >= 11 is 19.7. The van der Waals surface area contributed by atoms with Crippen molar-refractivity contribution in [2.45, 2.75) is 19.9 Å². The summed E-state index contributed by atoms with van der Waals surface area (Å²) in [5, 5.41) is 3.47. The van der Waals surface area contributed by atoms with E-state index >= 15 is 0 Å². The monoisotopic (exact) mass is 553 g/mol. The number of nitrogens with zero attached hydrogens (tertiary/aromatic N) is 3. The summed E-state index contributed by atoms with van der Waals surface area (Å²) in [6.45, 7) is 3.29. The number of halogens is 3. The number of thioether (sulfide) groups is 1. The Hall–Kier alpha value is -2.70. The highest BCUT2D eigenvalue weighted by Crippen LogP contribution is 2.36. The molecule has 0 unspecified atom stereocenters. The minimum atomic E-state index is -0.0316. The van der Waals surface area contributed by atoms with Crippen LogP contribution in [0.4, 0.5) is 5.69 Å². The Balaban J connectivity index is 1.51. The number of amidine groups is 1. The molecule has 4 nitrogen and oxygen atoms in total. The van der Waals surface area contributed by atoms with E-state index in [1.54, 1.807) is 17.0 Å². The Kier molecular flexibility index (Phi) is 7.44. The zero-order valence-corrected chi connectivity index (χ0v) is 22.5. The molecule has 4 aromatic rings. The number of carbonyl (C=O) groups excluding carboxylic acids is 1. The third kappa shape index (κ3) is 5.21. The molecule has 0 bridgehead atoms. The molecule has 1 aliphatic heterocycles. The number of hydrogen-bond donors (Lipinski definition) is 0. The third-order valence-corrected chi connectivity index (χ3v) is 7.83. The first-order chi connectivity index (χ1) is 17.4. The molecule has 0 atom stereocenters. The van der Waals surface area contributed by atoms with Gasteiger partial charge in [-0.1, -0.05) is 66.0 Å². The molecule has 1 fully saturated rings. The van der Waals surface area contributed by atoms with Gasteiger partial charge in [0.05, 0.1) is 20.6 Å². The first-order valence-corrected chi connectivity index (χ1v) is 13.5. The van der Waals surface area contributed by atoms with Crippen LogP contribution in [-0.4, -0.2) is 27.1 Å². The molecular formula is C28H22Cl3N3OS. The molecule has 0 radical (unpaired) electrons. The lowest BCUT2D eigenvalue weighted by atomic mass is 10.1. The van der Waals surface area contributed by atoms with Crippen molar-refractivity contribution >= 4 is 80.3 Å². The minimum Gasteiger partial charge on any atom is -0.342 e. The molecule has 3 aromatic carbocycles. The van der Waals surface area contributed by atoms with Crippen LogP contribution >= 0.6 is 46.6 Å². The second-order valence-electron chi connectivity index (χ2n) is 8.42. The first kappa shape index (κ1) is 25.0. The minimum absolute atomic E-state index is 0.0316. The number of rotatable bonds is 6. The largest absolute Gasteiger partial charge is 0.342 e. The number of aliphatic imine (C=N–C) groups is 1. The van der Waals surface area contributed by atoms with Gasteiger partial charge in [0, 0.05) is 40.8 Å². The number of benzene rings is 3. The van der Waals surface area contributed by atoms with Crippen LogP contribution < -0.4 is 0 Å². The summed E-state index contributed by atoms with van der Waals surface area (Å²) in [5.41, 5.74) is 3.86. The molecule has 1 amide bonds. The number of fused-ring (bicyclic) bond motifs is 1. The zero-order chi connectivity index (χ0) is 25.2. The molecule has 1 aliphatic rings. The van der Waals surface area contributed by atoms with Crippen molar-refractivity contribution in [3.05, 3.63) is 104 Å². The van der Waals surface area contributed by atoms with Gasteiger partial charge in [-0.15, -0.1) is 0 Å². The zero-order valence-electron chi connectivity index (χ0n) is 19.4. The summed E-state index contributed by atoms with van der Waals surface area (Å²) in [4.78, 5) is 20.5. The number of aromatic nitrogens is 1. The summed E-state index contributed by atoms with van der Waals surface area (Å²) in [6.07, 6.45) is 4.88. The first-order valence-electron chi connectivity index (χ1n) is 11.5. The lowest BCUT2D eigenvalue weighted by Crippen LogP contribution is -2.29. The molecule has 0 aliphatic carbocycles. The molecule has 2 heterocycles. The highest BCUT2D eigenvalue weighted by atomic mass is 35.5. The summed E-state index contributed by atoms with van der Waals surface area (Å²) in [7, 11) is 0.